The summed E-state index contributed by atoms with van der Waals surface area (Å²) in [6, 6.07) is 14.5. The maximum atomic E-state index is 14.5. The van der Waals surface area contributed by atoms with E-state index >= 15 is 0 Å². The van der Waals surface area contributed by atoms with Crippen LogP contribution in [0.25, 0.3) is 22.2 Å². The maximum Gasteiger partial charge on any atom is 0.127 e. The van der Waals surface area contributed by atoms with Crippen molar-refractivity contribution in [1.82, 2.24) is 10.3 Å². The van der Waals surface area contributed by atoms with Gasteiger partial charge in [0.05, 0.1) is 11.2 Å². The standard InChI is InChI=1S/C25H30FN3/c1-3-19-15-24-21(16-22(19)26)25(29-13-4-5-14-29)17-23(28-24)20-10-8-18(9-11-20)7-6-12-27-2/h8-11,15-17,27H,3-7,12-14H2,1-2H3. The number of nitrogens with one attached hydrogen (secondary N) is 1. The Hall–Kier alpha value is -2.46. The Morgan fingerprint density at radius 3 is 2.52 bits per heavy atom. The first-order valence-electron chi connectivity index (χ1n) is 10.8. The summed E-state index contributed by atoms with van der Waals surface area (Å²) in [4.78, 5) is 7.31. The van der Waals surface area contributed by atoms with Gasteiger partial charge in [-0.15, -0.1) is 0 Å². The molecule has 4 rings (SSSR count). The van der Waals surface area contributed by atoms with Crippen LogP contribution < -0.4 is 10.2 Å². The molecule has 2 aromatic carbocycles. The number of aromatic nitrogens is 1. The van der Waals surface area contributed by atoms with Gasteiger partial charge in [-0.1, -0.05) is 31.2 Å². The number of pyridine rings is 1. The minimum absolute atomic E-state index is 0.124. The van der Waals surface area contributed by atoms with Gasteiger partial charge in [-0.25, -0.2) is 9.37 Å². The highest BCUT2D eigenvalue weighted by atomic mass is 19.1. The first-order chi connectivity index (χ1) is 14.2. The molecule has 1 aliphatic heterocycles. The van der Waals surface area contributed by atoms with Gasteiger partial charge in [0.1, 0.15) is 5.82 Å². The van der Waals surface area contributed by atoms with Crippen LogP contribution in [-0.2, 0) is 12.8 Å². The second-order valence-electron chi connectivity index (χ2n) is 7.94. The van der Waals surface area contributed by atoms with Gasteiger partial charge in [0.2, 0.25) is 0 Å². The summed E-state index contributed by atoms with van der Waals surface area (Å²) in [5.74, 6) is -0.124. The van der Waals surface area contributed by atoms with E-state index in [0.29, 0.717) is 6.42 Å². The van der Waals surface area contributed by atoms with Crippen molar-refractivity contribution in [3.05, 3.63) is 59.4 Å². The molecule has 29 heavy (non-hydrogen) atoms. The average Bonchev–Trinajstić information content (AvgIpc) is 3.28. The lowest BCUT2D eigenvalue weighted by Crippen LogP contribution is -2.18. The summed E-state index contributed by atoms with van der Waals surface area (Å²) in [5, 5.41) is 4.12. The molecule has 3 nitrogen and oxygen atoms in total. The second kappa shape index (κ2) is 8.91. The second-order valence-corrected chi connectivity index (χ2v) is 7.94. The van der Waals surface area contributed by atoms with Crippen LogP contribution in [0.2, 0.25) is 0 Å². The molecule has 1 aliphatic rings. The summed E-state index contributed by atoms with van der Waals surface area (Å²) >= 11 is 0. The van der Waals surface area contributed by atoms with E-state index in [9.17, 15) is 4.39 Å². The fraction of sp³-hybridized carbons (Fsp3) is 0.400. The number of nitrogens with zero attached hydrogens (tertiary/aromatic N) is 2. The predicted octanol–water partition coefficient (Wildman–Crippen LogP) is 5.36. The number of halogens is 1. The van der Waals surface area contributed by atoms with Crippen LogP contribution in [0.4, 0.5) is 10.1 Å². The third-order valence-corrected chi connectivity index (χ3v) is 5.92. The van der Waals surface area contributed by atoms with E-state index in [1.165, 1.54) is 18.4 Å². The monoisotopic (exact) mass is 391 g/mol. The molecule has 0 spiro atoms. The zero-order chi connectivity index (χ0) is 20.2. The van der Waals surface area contributed by atoms with E-state index < -0.39 is 0 Å². The zero-order valence-corrected chi connectivity index (χ0v) is 17.5. The van der Waals surface area contributed by atoms with Gasteiger partial charge >= 0.3 is 0 Å². The van der Waals surface area contributed by atoms with Gasteiger partial charge in [0.15, 0.2) is 0 Å². The Balaban J connectivity index is 1.74. The molecule has 0 aliphatic carbocycles. The quantitative estimate of drug-likeness (QED) is 0.550. The number of fused-ring (bicyclic) bond motifs is 1. The van der Waals surface area contributed by atoms with E-state index in [1.807, 2.05) is 20.0 Å². The van der Waals surface area contributed by atoms with Crippen molar-refractivity contribution in [2.24, 2.45) is 0 Å². The third-order valence-electron chi connectivity index (χ3n) is 5.92. The number of hydrogen-bond acceptors (Lipinski definition) is 3. The van der Waals surface area contributed by atoms with E-state index in [-0.39, 0.29) is 5.82 Å². The van der Waals surface area contributed by atoms with Crippen LogP contribution in [0.5, 0.6) is 0 Å². The molecule has 0 amide bonds. The van der Waals surface area contributed by atoms with Gasteiger partial charge in [0.25, 0.3) is 0 Å². The van der Waals surface area contributed by atoms with Crippen molar-refractivity contribution in [2.45, 2.75) is 39.0 Å². The minimum Gasteiger partial charge on any atom is -0.371 e. The minimum atomic E-state index is -0.124. The Labute approximate surface area is 173 Å². The molecule has 4 heteroatoms. The molecular weight excluding hydrogens is 361 g/mol. The first-order valence-corrected chi connectivity index (χ1v) is 10.8. The van der Waals surface area contributed by atoms with Crippen LogP contribution in [0.15, 0.2) is 42.5 Å². The van der Waals surface area contributed by atoms with Gasteiger partial charge in [0, 0.05) is 29.7 Å². The van der Waals surface area contributed by atoms with Crippen LogP contribution in [0.1, 0.15) is 37.3 Å². The molecule has 1 fully saturated rings. The summed E-state index contributed by atoms with van der Waals surface area (Å²) in [7, 11) is 1.99. The lowest BCUT2D eigenvalue weighted by molar-refractivity contribution is 0.614. The van der Waals surface area contributed by atoms with E-state index in [0.717, 1.165) is 65.9 Å². The third kappa shape index (κ3) is 4.27. The molecule has 0 bridgehead atoms. The summed E-state index contributed by atoms with van der Waals surface area (Å²) in [5.41, 5.74) is 6.17. The normalized spacial score (nSPS) is 14.1. The Bertz CT molecular complexity index is 976. The first kappa shape index (κ1) is 19.8. The zero-order valence-electron chi connectivity index (χ0n) is 17.5. The summed E-state index contributed by atoms with van der Waals surface area (Å²) < 4.78 is 14.5. The Morgan fingerprint density at radius 1 is 1.07 bits per heavy atom. The largest absolute Gasteiger partial charge is 0.371 e. The smallest absolute Gasteiger partial charge is 0.127 e. The van der Waals surface area contributed by atoms with Crippen molar-refractivity contribution in [3.63, 3.8) is 0 Å². The molecular formula is C25H30FN3. The molecule has 1 saturated heterocycles. The highest BCUT2D eigenvalue weighted by Crippen LogP contribution is 2.34. The van der Waals surface area contributed by atoms with Gasteiger partial charge in [-0.3, -0.25) is 0 Å². The van der Waals surface area contributed by atoms with Crippen molar-refractivity contribution >= 4 is 16.6 Å². The number of aryl methyl sites for hydroxylation is 2. The Morgan fingerprint density at radius 2 is 1.83 bits per heavy atom. The number of benzene rings is 2. The van der Waals surface area contributed by atoms with Crippen molar-refractivity contribution in [2.75, 3.05) is 31.6 Å². The number of hydrogen-bond donors (Lipinski definition) is 1. The fourth-order valence-electron chi connectivity index (χ4n) is 4.22. The topological polar surface area (TPSA) is 28.2 Å². The van der Waals surface area contributed by atoms with Crippen LogP contribution in [-0.4, -0.2) is 31.7 Å². The Kier molecular flexibility index (Phi) is 6.10. The van der Waals surface area contributed by atoms with Crippen LogP contribution in [0, 0.1) is 5.82 Å². The molecule has 152 valence electrons. The number of rotatable bonds is 7. The summed E-state index contributed by atoms with van der Waals surface area (Å²) in [6.45, 7) is 5.08. The van der Waals surface area contributed by atoms with Gasteiger partial charge in [-0.05, 0) is 75.0 Å². The van der Waals surface area contributed by atoms with E-state index in [4.69, 9.17) is 4.98 Å². The van der Waals surface area contributed by atoms with Crippen molar-refractivity contribution < 1.29 is 4.39 Å². The molecule has 1 N–H and O–H groups in total. The maximum absolute atomic E-state index is 14.5. The molecule has 0 saturated carbocycles. The van der Waals surface area contributed by atoms with E-state index in [1.54, 1.807) is 6.07 Å². The SMILES string of the molecule is CCc1cc2nc(-c3ccc(CCCNC)cc3)cc(N3CCCC3)c2cc1F. The van der Waals surface area contributed by atoms with Crippen molar-refractivity contribution in [1.29, 1.82) is 0 Å². The molecule has 1 aromatic heterocycles. The fourth-order valence-corrected chi connectivity index (χ4v) is 4.22. The van der Waals surface area contributed by atoms with Crippen LogP contribution in [0.3, 0.4) is 0 Å². The molecule has 3 aromatic rings. The molecule has 0 radical (unpaired) electrons. The average molecular weight is 392 g/mol. The van der Waals surface area contributed by atoms with E-state index in [2.05, 4.69) is 40.5 Å². The lowest BCUT2D eigenvalue weighted by atomic mass is 10.0. The molecule has 0 atom stereocenters. The predicted molar refractivity (Wildman–Crippen MR) is 120 cm³/mol. The van der Waals surface area contributed by atoms with Gasteiger partial charge < -0.3 is 10.2 Å². The molecule has 0 unspecified atom stereocenters. The summed E-state index contributed by atoms with van der Waals surface area (Å²) in [6.07, 6.45) is 5.26. The van der Waals surface area contributed by atoms with Crippen LogP contribution >= 0.6 is 0 Å². The highest BCUT2D eigenvalue weighted by molar-refractivity contribution is 5.95. The number of anilines is 1. The molecule has 2 heterocycles. The highest BCUT2D eigenvalue weighted by Gasteiger charge is 2.18. The van der Waals surface area contributed by atoms with Crippen molar-refractivity contribution in [3.8, 4) is 11.3 Å². The lowest BCUT2D eigenvalue weighted by Gasteiger charge is -2.21. The van der Waals surface area contributed by atoms with Gasteiger partial charge in [-0.2, -0.15) is 0 Å².